The summed E-state index contributed by atoms with van der Waals surface area (Å²) in [5.41, 5.74) is 2.73. The van der Waals surface area contributed by atoms with E-state index in [1.165, 1.54) is 0 Å². The third-order valence-electron chi connectivity index (χ3n) is 7.45. The molecule has 1 amide bonds. The van der Waals surface area contributed by atoms with Crippen molar-refractivity contribution in [2.45, 2.75) is 59.5 Å². The summed E-state index contributed by atoms with van der Waals surface area (Å²) < 4.78 is 47.1. The van der Waals surface area contributed by atoms with Gasteiger partial charge in [0.25, 0.3) is 0 Å². The number of nitrogens with zero attached hydrogens (tertiary/aromatic N) is 3. The lowest BCUT2D eigenvalue weighted by molar-refractivity contribution is -0.179. The van der Waals surface area contributed by atoms with Crippen LogP contribution in [0.15, 0.2) is 24.3 Å². The Labute approximate surface area is 253 Å². The molecule has 1 unspecified atom stereocenters. The van der Waals surface area contributed by atoms with Gasteiger partial charge in [-0.25, -0.2) is 4.98 Å². The highest BCUT2D eigenvalue weighted by Gasteiger charge is 2.41. The number of carbonyl (C=O) groups is 1. The Morgan fingerprint density at radius 3 is 2.45 bits per heavy atom. The number of piperidine rings is 1. The maximum Gasteiger partial charge on any atom is 0.391 e. The average molecular weight is 631 g/mol. The second kappa shape index (κ2) is 12.5. The van der Waals surface area contributed by atoms with Crippen molar-refractivity contribution in [2.75, 3.05) is 29.9 Å². The monoisotopic (exact) mass is 629 g/mol. The van der Waals surface area contributed by atoms with E-state index in [4.69, 9.17) is 32.9 Å². The highest BCUT2D eigenvalue weighted by Crippen LogP contribution is 2.40. The summed E-state index contributed by atoms with van der Waals surface area (Å²) in [6, 6.07) is 6.91. The summed E-state index contributed by atoms with van der Waals surface area (Å²) in [6.07, 6.45) is -5.58. The van der Waals surface area contributed by atoms with Crippen LogP contribution in [0.4, 0.5) is 30.5 Å². The number of aliphatic hydroxyl groups is 1. The number of amides is 1. The second-order valence-electron chi connectivity index (χ2n) is 11.5. The number of carbonyl (C=O) groups excluding carboxylic acids is 1. The lowest BCUT2D eigenvalue weighted by Gasteiger charge is -2.36. The van der Waals surface area contributed by atoms with E-state index in [9.17, 15) is 23.1 Å². The van der Waals surface area contributed by atoms with Crippen LogP contribution in [0.25, 0.3) is 11.0 Å². The third kappa shape index (κ3) is 6.90. The van der Waals surface area contributed by atoms with Crippen LogP contribution in [0.2, 0.25) is 10.0 Å². The van der Waals surface area contributed by atoms with Crippen molar-refractivity contribution >= 4 is 57.5 Å². The van der Waals surface area contributed by atoms with Crippen LogP contribution >= 0.6 is 23.2 Å². The molecule has 2 aromatic carbocycles. The lowest BCUT2D eigenvalue weighted by Crippen LogP contribution is -2.39. The number of benzene rings is 2. The summed E-state index contributed by atoms with van der Waals surface area (Å²) in [5.74, 6) is -1.08. The molecule has 0 saturated carbocycles. The number of anilines is 3. The predicted octanol–water partition coefficient (Wildman–Crippen LogP) is 7.09. The molecule has 0 bridgehead atoms. The highest BCUT2D eigenvalue weighted by atomic mass is 35.5. The fourth-order valence-electron chi connectivity index (χ4n) is 4.92. The van der Waals surface area contributed by atoms with E-state index in [2.05, 4.69) is 10.6 Å². The van der Waals surface area contributed by atoms with Gasteiger partial charge in [-0.3, -0.25) is 4.79 Å². The normalized spacial score (nSPS) is 15.7. The van der Waals surface area contributed by atoms with Gasteiger partial charge in [-0.2, -0.15) is 13.2 Å². The van der Waals surface area contributed by atoms with Crippen LogP contribution in [0.5, 0.6) is 0 Å². The maximum atomic E-state index is 13.3. The Balaban J connectivity index is 1.67. The van der Waals surface area contributed by atoms with E-state index < -0.39 is 23.8 Å². The molecule has 1 fully saturated rings. The first kappa shape index (κ1) is 32.2. The Morgan fingerprint density at radius 1 is 1.19 bits per heavy atom. The van der Waals surface area contributed by atoms with Crippen molar-refractivity contribution in [3.63, 3.8) is 0 Å². The topological polar surface area (TPSA) is 91.6 Å². The molecule has 0 aliphatic carbocycles. The minimum absolute atomic E-state index is 0.0343. The smallest absolute Gasteiger partial charge is 0.371 e. The van der Waals surface area contributed by atoms with Gasteiger partial charge in [-0.05, 0) is 43.5 Å². The molecule has 3 N–H and O–H groups in total. The van der Waals surface area contributed by atoms with E-state index in [1.807, 2.05) is 25.7 Å². The highest BCUT2D eigenvalue weighted by molar-refractivity contribution is 6.39. The van der Waals surface area contributed by atoms with E-state index in [1.54, 1.807) is 42.8 Å². The van der Waals surface area contributed by atoms with Gasteiger partial charge in [-0.15, -0.1) is 0 Å². The number of fused-ring (bicyclic) bond motifs is 1. The zero-order chi connectivity index (χ0) is 31.0. The van der Waals surface area contributed by atoms with Crippen LogP contribution in [0.3, 0.4) is 0 Å². The van der Waals surface area contributed by atoms with Crippen LogP contribution in [-0.2, 0) is 23.1 Å². The number of aliphatic hydroxyl groups excluding tert-OH is 1. The Morgan fingerprint density at radius 2 is 1.86 bits per heavy atom. The van der Waals surface area contributed by atoms with Gasteiger partial charge < -0.3 is 29.9 Å². The largest absolute Gasteiger partial charge is 0.391 e. The number of hydrogen-bond acceptors (Lipinski definition) is 6. The number of alkyl halides is 3. The van der Waals surface area contributed by atoms with E-state index in [0.717, 1.165) is 0 Å². The minimum Gasteiger partial charge on any atom is -0.371 e. The van der Waals surface area contributed by atoms with Gasteiger partial charge in [0.1, 0.15) is 0 Å². The van der Waals surface area contributed by atoms with E-state index >= 15 is 0 Å². The molecule has 1 aliphatic rings. The van der Waals surface area contributed by atoms with Crippen LogP contribution in [0, 0.1) is 11.3 Å². The number of nitrogens with one attached hydrogen (secondary N) is 2. The molecule has 3 aromatic rings. The standard InChI is InChI=1S/C29H36Cl2F3N5O3/c1-6-42-25(40)18-13-20-22(14-21(18)39-11-9-17(10-12-39)29(32,33)34)38(5)27(36-20)37-24-19(30)8-7-16(23(24)31)15-35-26(41)28(2,3)4/h7-8,13-14,17,25,40H,6,9-12,15H2,1-5H3,(H,35,41)(H,36,37). The van der Waals surface area contributed by atoms with E-state index in [-0.39, 0.29) is 45.0 Å². The number of hydrogen-bond donors (Lipinski definition) is 3. The van der Waals surface area contributed by atoms with Gasteiger partial charge in [0.15, 0.2) is 6.29 Å². The third-order valence-corrected chi connectivity index (χ3v) is 8.19. The predicted molar refractivity (Wildman–Crippen MR) is 159 cm³/mol. The summed E-state index contributed by atoms with van der Waals surface area (Å²) in [6.45, 7) is 8.03. The van der Waals surface area contributed by atoms with Gasteiger partial charge in [0.05, 0.1) is 32.7 Å². The molecule has 1 atom stereocenters. The first-order chi connectivity index (χ1) is 19.6. The number of halogens is 5. The molecule has 8 nitrogen and oxygen atoms in total. The molecule has 2 heterocycles. The number of aromatic nitrogens is 2. The number of imidazole rings is 1. The molecule has 0 spiro atoms. The van der Waals surface area contributed by atoms with Gasteiger partial charge in [-0.1, -0.05) is 50.0 Å². The zero-order valence-corrected chi connectivity index (χ0v) is 25.7. The number of aryl methyl sites for hydroxylation is 1. The Kier molecular flexibility index (Phi) is 9.56. The summed E-state index contributed by atoms with van der Waals surface area (Å²) >= 11 is 13.2. The molecule has 1 aromatic heterocycles. The molecule has 230 valence electrons. The first-order valence-electron chi connectivity index (χ1n) is 13.8. The van der Waals surface area contributed by atoms with Crippen molar-refractivity contribution in [3.05, 3.63) is 45.4 Å². The van der Waals surface area contributed by atoms with Gasteiger partial charge in [0.2, 0.25) is 11.9 Å². The molecular formula is C29H36Cl2F3N5O3. The molecule has 1 saturated heterocycles. The fraction of sp³-hybridized carbons (Fsp3) is 0.517. The van der Waals surface area contributed by atoms with Crippen LogP contribution in [-0.4, -0.2) is 46.4 Å². The van der Waals surface area contributed by atoms with Crippen molar-refractivity contribution < 1.29 is 27.8 Å². The van der Waals surface area contributed by atoms with Crippen molar-refractivity contribution in [3.8, 4) is 0 Å². The number of rotatable bonds is 8. The Bertz CT molecular complexity index is 1450. The Hall–Kier alpha value is -2.73. The molecule has 1 aliphatic heterocycles. The summed E-state index contributed by atoms with van der Waals surface area (Å²) in [7, 11) is 1.78. The summed E-state index contributed by atoms with van der Waals surface area (Å²) in [5, 5.41) is 17.5. The van der Waals surface area contributed by atoms with Crippen molar-refractivity contribution in [1.29, 1.82) is 0 Å². The molecule has 0 radical (unpaired) electrons. The fourth-order valence-corrected chi connectivity index (χ4v) is 5.45. The SMILES string of the molecule is CCOC(O)c1cc2nc(Nc3c(Cl)ccc(CNC(=O)C(C)(C)C)c3Cl)n(C)c2cc1N1CCC(C(F)(F)F)CC1. The maximum absolute atomic E-state index is 13.3. The number of ether oxygens (including phenoxy) is 1. The second-order valence-corrected chi connectivity index (χ2v) is 12.2. The van der Waals surface area contributed by atoms with Crippen LogP contribution in [0.1, 0.15) is 58.0 Å². The van der Waals surface area contributed by atoms with Crippen LogP contribution < -0.4 is 15.5 Å². The van der Waals surface area contributed by atoms with Gasteiger partial charge >= 0.3 is 6.18 Å². The lowest BCUT2D eigenvalue weighted by atomic mass is 9.95. The molecule has 13 heteroatoms. The van der Waals surface area contributed by atoms with Gasteiger partial charge in [0, 0.05) is 50.0 Å². The zero-order valence-electron chi connectivity index (χ0n) is 24.2. The minimum atomic E-state index is -4.23. The molecule has 42 heavy (non-hydrogen) atoms. The van der Waals surface area contributed by atoms with E-state index in [0.29, 0.717) is 49.5 Å². The molecular weight excluding hydrogens is 594 g/mol. The first-order valence-corrected chi connectivity index (χ1v) is 14.5. The quantitative estimate of drug-likeness (QED) is 0.230. The average Bonchev–Trinajstić information content (AvgIpc) is 3.22. The summed E-state index contributed by atoms with van der Waals surface area (Å²) in [4.78, 5) is 18.9. The van der Waals surface area contributed by atoms with Crippen molar-refractivity contribution in [2.24, 2.45) is 18.4 Å². The molecule has 4 rings (SSSR count). The van der Waals surface area contributed by atoms with Crippen molar-refractivity contribution in [1.82, 2.24) is 14.9 Å².